The molecule has 1 N–H and O–H groups in total. The Kier molecular flexibility index (Phi) is 5.73. The number of para-hydroxylation sites is 1. The van der Waals surface area contributed by atoms with Crippen LogP contribution < -0.4 is 10.9 Å². The zero-order valence-corrected chi connectivity index (χ0v) is 19.0. The van der Waals surface area contributed by atoms with Crippen LogP contribution in [0.1, 0.15) is 29.9 Å². The fourth-order valence-corrected chi connectivity index (χ4v) is 4.08. The molecule has 0 saturated carbocycles. The van der Waals surface area contributed by atoms with Crippen LogP contribution >= 0.6 is 15.9 Å². The van der Waals surface area contributed by atoms with Gasteiger partial charge in [-0.05, 0) is 50.6 Å². The highest BCUT2D eigenvalue weighted by atomic mass is 79.9. The number of aromatic nitrogens is 4. The van der Waals surface area contributed by atoms with E-state index in [0.29, 0.717) is 23.1 Å². The maximum atomic E-state index is 13.2. The van der Waals surface area contributed by atoms with E-state index < -0.39 is 6.04 Å². The van der Waals surface area contributed by atoms with E-state index >= 15 is 0 Å². The lowest BCUT2D eigenvalue weighted by Gasteiger charge is -2.15. The summed E-state index contributed by atoms with van der Waals surface area (Å²) in [5.74, 6) is -0.285. The monoisotopic (exact) mass is 479 g/mol. The number of aryl methyl sites for hydroxylation is 2. The molecule has 158 valence electrons. The van der Waals surface area contributed by atoms with Crippen LogP contribution in [-0.4, -0.2) is 25.5 Å². The number of amides is 1. The molecule has 1 atom stereocenters. The molecule has 1 amide bonds. The highest BCUT2D eigenvalue weighted by molar-refractivity contribution is 9.10. The van der Waals surface area contributed by atoms with Gasteiger partial charge >= 0.3 is 0 Å². The van der Waals surface area contributed by atoms with E-state index in [-0.39, 0.29) is 11.5 Å². The van der Waals surface area contributed by atoms with Gasteiger partial charge in [-0.2, -0.15) is 10.2 Å². The average molecular weight is 480 g/mol. The first kappa shape index (κ1) is 21.0. The van der Waals surface area contributed by atoms with E-state index in [1.807, 2.05) is 68.4 Å². The average Bonchev–Trinajstić information content (AvgIpc) is 3.13. The van der Waals surface area contributed by atoms with Gasteiger partial charge in [-0.3, -0.25) is 9.59 Å². The molecule has 1 unspecified atom stereocenters. The maximum absolute atomic E-state index is 13.2. The number of benzene rings is 2. The molecule has 0 bridgehead atoms. The maximum Gasteiger partial charge on any atom is 0.295 e. The smallest absolute Gasteiger partial charge is 0.295 e. The van der Waals surface area contributed by atoms with Crippen LogP contribution in [0, 0.1) is 13.8 Å². The first-order chi connectivity index (χ1) is 14.9. The molecule has 8 heteroatoms. The van der Waals surface area contributed by atoms with Crippen molar-refractivity contribution < 1.29 is 4.79 Å². The summed E-state index contributed by atoms with van der Waals surface area (Å²) in [6, 6.07) is 16.5. The number of carbonyl (C=O) groups is 1. The van der Waals surface area contributed by atoms with Gasteiger partial charge in [0.2, 0.25) is 5.91 Å². The topological polar surface area (TPSA) is 81.8 Å². The minimum Gasteiger partial charge on any atom is -0.350 e. The summed E-state index contributed by atoms with van der Waals surface area (Å²) in [6.45, 7) is 5.76. The number of nitrogens with one attached hydrogen (secondary N) is 1. The van der Waals surface area contributed by atoms with Crippen molar-refractivity contribution in [3.05, 3.63) is 86.4 Å². The van der Waals surface area contributed by atoms with Crippen molar-refractivity contribution in [2.75, 3.05) is 0 Å². The Morgan fingerprint density at radius 2 is 1.84 bits per heavy atom. The molecular formula is C23H22BrN5O2. The summed E-state index contributed by atoms with van der Waals surface area (Å²) in [7, 11) is 0. The highest BCUT2D eigenvalue weighted by Crippen LogP contribution is 2.21. The Labute approximate surface area is 187 Å². The largest absolute Gasteiger partial charge is 0.350 e. The third-order valence-electron chi connectivity index (χ3n) is 5.25. The molecule has 0 aliphatic heterocycles. The van der Waals surface area contributed by atoms with E-state index in [1.165, 1.54) is 4.68 Å². The Bertz CT molecular complexity index is 1330. The summed E-state index contributed by atoms with van der Waals surface area (Å²) < 4.78 is 3.90. The summed E-state index contributed by atoms with van der Waals surface area (Å²) in [5, 5.41) is 12.6. The van der Waals surface area contributed by atoms with Gasteiger partial charge in [-0.1, -0.05) is 46.3 Å². The summed E-state index contributed by atoms with van der Waals surface area (Å²) in [4.78, 5) is 25.9. The molecule has 0 aliphatic rings. The Hall–Kier alpha value is -3.26. The van der Waals surface area contributed by atoms with E-state index in [1.54, 1.807) is 11.6 Å². The molecule has 2 heterocycles. The number of hydrogen-bond acceptors (Lipinski definition) is 4. The van der Waals surface area contributed by atoms with E-state index in [9.17, 15) is 9.59 Å². The highest BCUT2D eigenvalue weighted by Gasteiger charge is 2.23. The Morgan fingerprint density at radius 3 is 2.55 bits per heavy atom. The zero-order chi connectivity index (χ0) is 22.1. The second-order valence-electron chi connectivity index (χ2n) is 7.42. The van der Waals surface area contributed by atoms with Crippen molar-refractivity contribution in [2.45, 2.75) is 33.4 Å². The van der Waals surface area contributed by atoms with Gasteiger partial charge in [0.1, 0.15) is 6.04 Å². The lowest BCUT2D eigenvalue weighted by molar-refractivity contribution is -0.124. The number of halogens is 1. The third-order valence-corrected chi connectivity index (χ3v) is 5.74. The second-order valence-corrected chi connectivity index (χ2v) is 8.33. The third kappa shape index (κ3) is 4.03. The second kappa shape index (κ2) is 8.47. The van der Waals surface area contributed by atoms with Crippen molar-refractivity contribution >= 4 is 32.7 Å². The summed E-state index contributed by atoms with van der Waals surface area (Å²) >= 11 is 3.42. The molecule has 2 aromatic heterocycles. The van der Waals surface area contributed by atoms with Gasteiger partial charge < -0.3 is 5.32 Å². The van der Waals surface area contributed by atoms with Gasteiger partial charge in [-0.15, -0.1) is 0 Å². The molecule has 31 heavy (non-hydrogen) atoms. The van der Waals surface area contributed by atoms with E-state index in [2.05, 4.69) is 31.4 Å². The number of rotatable bonds is 5. The minimum absolute atomic E-state index is 0.285. The fraction of sp³-hybridized carbons (Fsp3) is 0.217. The first-order valence-corrected chi connectivity index (χ1v) is 10.7. The van der Waals surface area contributed by atoms with Crippen molar-refractivity contribution in [1.82, 2.24) is 24.9 Å². The number of nitrogens with zero attached hydrogens (tertiary/aromatic N) is 4. The van der Waals surface area contributed by atoms with Gasteiger partial charge in [0.25, 0.3) is 5.56 Å². The lowest BCUT2D eigenvalue weighted by atomic mass is 10.2. The van der Waals surface area contributed by atoms with Crippen LogP contribution in [0.25, 0.3) is 16.6 Å². The SMILES string of the molecule is Cc1nn(C(C)C(=O)NCc2cccc(Br)c2)c(=O)c2nn(-c3ccccc3)c(C)c12. The summed E-state index contributed by atoms with van der Waals surface area (Å²) in [6.07, 6.45) is 0. The van der Waals surface area contributed by atoms with E-state index in [4.69, 9.17) is 0 Å². The zero-order valence-electron chi connectivity index (χ0n) is 17.5. The van der Waals surface area contributed by atoms with Crippen LogP contribution in [0.2, 0.25) is 0 Å². The number of fused-ring (bicyclic) bond motifs is 1. The molecule has 0 fully saturated rings. The van der Waals surface area contributed by atoms with Crippen LogP contribution in [0.4, 0.5) is 0 Å². The number of hydrogen-bond donors (Lipinski definition) is 1. The van der Waals surface area contributed by atoms with Crippen LogP contribution in [0.5, 0.6) is 0 Å². The van der Waals surface area contributed by atoms with Gasteiger partial charge in [0.05, 0.1) is 22.5 Å². The molecule has 7 nitrogen and oxygen atoms in total. The van der Waals surface area contributed by atoms with Gasteiger partial charge in [0.15, 0.2) is 5.52 Å². The van der Waals surface area contributed by atoms with Crippen molar-refractivity contribution in [1.29, 1.82) is 0 Å². The Balaban J connectivity index is 1.67. The normalized spacial score (nSPS) is 12.1. The minimum atomic E-state index is -0.773. The number of carbonyl (C=O) groups excluding carboxylic acids is 1. The van der Waals surface area contributed by atoms with Gasteiger partial charge in [0, 0.05) is 11.0 Å². The predicted octanol–water partition coefficient (Wildman–Crippen LogP) is 3.84. The molecular weight excluding hydrogens is 458 g/mol. The standard InChI is InChI=1S/C23H22BrN5O2/c1-14-20-15(2)28(19-10-5-4-6-11-19)27-21(20)23(31)29(26-14)16(3)22(30)25-13-17-8-7-9-18(24)12-17/h4-12,16H,13H2,1-3H3,(H,25,30). The van der Waals surface area contributed by atoms with Crippen molar-refractivity contribution in [3.63, 3.8) is 0 Å². The summed E-state index contributed by atoms with van der Waals surface area (Å²) in [5.41, 5.74) is 3.23. The first-order valence-electron chi connectivity index (χ1n) is 9.93. The van der Waals surface area contributed by atoms with Gasteiger partial charge in [-0.25, -0.2) is 9.36 Å². The molecule has 0 radical (unpaired) electrons. The fourth-order valence-electron chi connectivity index (χ4n) is 3.63. The van der Waals surface area contributed by atoms with E-state index in [0.717, 1.165) is 21.4 Å². The quantitative estimate of drug-likeness (QED) is 0.471. The molecule has 4 rings (SSSR count). The molecule has 0 aliphatic carbocycles. The van der Waals surface area contributed by atoms with Crippen LogP contribution in [0.15, 0.2) is 63.9 Å². The van der Waals surface area contributed by atoms with Crippen molar-refractivity contribution in [2.24, 2.45) is 0 Å². The lowest BCUT2D eigenvalue weighted by Crippen LogP contribution is -2.37. The molecule has 2 aromatic carbocycles. The molecule has 4 aromatic rings. The predicted molar refractivity (Wildman–Crippen MR) is 123 cm³/mol. The Morgan fingerprint density at radius 1 is 1.10 bits per heavy atom. The van der Waals surface area contributed by atoms with Crippen LogP contribution in [-0.2, 0) is 11.3 Å². The molecule has 0 spiro atoms. The van der Waals surface area contributed by atoms with Crippen molar-refractivity contribution in [3.8, 4) is 5.69 Å². The molecule has 0 saturated heterocycles. The van der Waals surface area contributed by atoms with Crippen LogP contribution in [0.3, 0.4) is 0 Å².